The molecule has 0 aliphatic rings. The van der Waals surface area contributed by atoms with E-state index in [0.717, 1.165) is 0 Å². The van der Waals surface area contributed by atoms with Crippen LogP contribution in [-0.4, -0.2) is 55.9 Å². The predicted octanol–water partition coefficient (Wildman–Crippen LogP) is -0.0624. The van der Waals surface area contributed by atoms with Crippen molar-refractivity contribution < 1.29 is 24.2 Å². The Labute approximate surface area is 124 Å². The van der Waals surface area contributed by atoms with Crippen LogP contribution < -0.4 is 16.0 Å². The molecule has 0 aliphatic carbocycles. The Morgan fingerprint density at radius 1 is 1.10 bits per heavy atom. The topological polar surface area (TPSA) is 117 Å². The summed E-state index contributed by atoms with van der Waals surface area (Å²) in [5.41, 5.74) is 0. The Bertz CT molecular complexity index is 347. The summed E-state index contributed by atoms with van der Waals surface area (Å²) in [6.45, 7) is 4.90. The minimum Gasteiger partial charge on any atom is -0.481 e. The van der Waals surface area contributed by atoms with Gasteiger partial charge in [0, 0.05) is 33.2 Å². The number of amides is 3. The number of nitrogens with one attached hydrogen (secondary N) is 3. The number of carbonyl (C=O) groups is 3. The molecule has 0 aromatic carbocycles. The van der Waals surface area contributed by atoms with Crippen LogP contribution in [-0.2, 0) is 14.3 Å². The zero-order chi connectivity index (χ0) is 16.3. The quantitative estimate of drug-likeness (QED) is 0.451. The van der Waals surface area contributed by atoms with Crippen molar-refractivity contribution in [3.05, 3.63) is 0 Å². The van der Waals surface area contributed by atoms with Crippen molar-refractivity contribution in [1.82, 2.24) is 16.0 Å². The molecule has 122 valence electrons. The van der Waals surface area contributed by atoms with Gasteiger partial charge in [-0.15, -0.1) is 0 Å². The molecule has 3 amide bonds. The molecule has 21 heavy (non-hydrogen) atoms. The van der Waals surface area contributed by atoms with Gasteiger partial charge in [-0.05, 0) is 5.92 Å². The molecule has 0 fully saturated rings. The number of carboxylic acids is 1. The molecule has 0 aromatic heterocycles. The van der Waals surface area contributed by atoms with Crippen LogP contribution in [0, 0.1) is 5.92 Å². The maximum atomic E-state index is 11.4. The first kappa shape index (κ1) is 19.2. The third kappa shape index (κ3) is 11.7. The molecule has 1 atom stereocenters. The highest BCUT2D eigenvalue weighted by Gasteiger charge is 2.13. The normalized spacial score (nSPS) is 11.8. The fourth-order valence-corrected chi connectivity index (χ4v) is 1.40. The van der Waals surface area contributed by atoms with Crippen molar-refractivity contribution in [1.29, 1.82) is 0 Å². The van der Waals surface area contributed by atoms with Crippen molar-refractivity contribution >= 4 is 17.9 Å². The average Bonchev–Trinajstić information content (AvgIpc) is 2.40. The summed E-state index contributed by atoms with van der Waals surface area (Å²) < 4.78 is 4.92. The van der Waals surface area contributed by atoms with Gasteiger partial charge in [0.25, 0.3) is 0 Å². The van der Waals surface area contributed by atoms with E-state index >= 15 is 0 Å². The van der Waals surface area contributed by atoms with Gasteiger partial charge in [-0.1, -0.05) is 13.8 Å². The number of ether oxygens (including phenoxy) is 1. The number of aliphatic carboxylic acids is 1. The molecule has 0 aliphatic heterocycles. The van der Waals surface area contributed by atoms with Gasteiger partial charge in [0.1, 0.15) is 0 Å². The van der Waals surface area contributed by atoms with Gasteiger partial charge < -0.3 is 25.8 Å². The lowest BCUT2D eigenvalue weighted by Crippen LogP contribution is -2.42. The molecule has 0 aromatic rings. The molecule has 0 radical (unpaired) electrons. The Kier molecular flexibility index (Phi) is 9.95. The van der Waals surface area contributed by atoms with E-state index in [2.05, 4.69) is 16.0 Å². The molecule has 4 N–H and O–H groups in total. The molecule has 0 saturated carbocycles. The van der Waals surface area contributed by atoms with Crippen LogP contribution in [0.4, 0.5) is 4.79 Å². The number of hydrogen-bond acceptors (Lipinski definition) is 4. The predicted molar refractivity (Wildman–Crippen MR) is 76.9 cm³/mol. The van der Waals surface area contributed by atoms with Crippen LogP contribution in [0.3, 0.4) is 0 Å². The van der Waals surface area contributed by atoms with E-state index in [0.29, 0.717) is 12.5 Å². The lowest BCUT2D eigenvalue weighted by molar-refractivity contribution is -0.139. The van der Waals surface area contributed by atoms with Crippen molar-refractivity contribution in [2.45, 2.75) is 32.8 Å². The number of carboxylic acid groups (broad SMARTS) is 1. The molecular weight excluding hydrogens is 278 g/mol. The number of hydrogen-bond donors (Lipinski definition) is 4. The molecule has 8 nitrogen and oxygen atoms in total. The largest absolute Gasteiger partial charge is 0.481 e. The highest BCUT2D eigenvalue weighted by Crippen LogP contribution is 1.95. The van der Waals surface area contributed by atoms with E-state index in [1.807, 2.05) is 13.8 Å². The first-order chi connectivity index (χ1) is 9.85. The fraction of sp³-hybridized carbons (Fsp3) is 0.769. The minimum atomic E-state index is -0.995. The van der Waals surface area contributed by atoms with Crippen molar-refractivity contribution in [3.8, 4) is 0 Å². The van der Waals surface area contributed by atoms with Crippen LogP contribution in [0.2, 0.25) is 0 Å². The van der Waals surface area contributed by atoms with Crippen LogP contribution in [0.5, 0.6) is 0 Å². The van der Waals surface area contributed by atoms with E-state index in [9.17, 15) is 14.4 Å². The third-order valence-corrected chi connectivity index (χ3v) is 2.57. The van der Waals surface area contributed by atoms with Crippen LogP contribution in [0.25, 0.3) is 0 Å². The van der Waals surface area contributed by atoms with Gasteiger partial charge >= 0.3 is 12.0 Å². The average molecular weight is 303 g/mol. The van der Waals surface area contributed by atoms with E-state index in [1.165, 1.54) is 7.11 Å². The Morgan fingerprint density at radius 2 is 1.76 bits per heavy atom. The van der Waals surface area contributed by atoms with Gasteiger partial charge in [-0.2, -0.15) is 0 Å². The van der Waals surface area contributed by atoms with Gasteiger partial charge in [-0.3, -0.25) is 9.59 Å². The molecule has 0 saturated heterocycles. The molecular formula is C13H25N3O5. The van der Waals surface area contributed by atoms with E-state index in [4.69, 9.17) is 9.84 Å². The maximum absolute atomic E-state index is 11.4. The van der Waals surface area contributed by atoms with Crippen LogP contribution in [0.15, 0.2) is 0 Å². The number of urea groups is 1. The van der Waals surface area contributed by atoms with Gasteiger partial charge in [0.05, 0.1) is 12.5 Å². The summed E-state index contributed by atoms with van der Waals surface area (Å²) in [7, 11) is 1.38. The maximum Gasteiger partial charge on any atom is 0.314 e. The molecule has 8 heteroatoms. The van der Waals surface area contributed by atoms with E-state index in [-0.39, 0.29) is 31.8 Å². The van der Waals surface area contributed by atoms with Crippen molar-refractivity contribution in [3.63, 3.8) is 0 Å². The molecule has 0 heterocycles. The van der Waals surface area contributed by atoms with Crippen LogP contribution in [0.1, 0.15) is 26.7 Å². The van der Waals surface area contributed by atoms with Gasteiger partial charge in [0.15, 0.2) is 0 Å². The van der Waals surface area contributed by atoms with E-state index in [1.54, 1.807) is 0 Å². The Balaban J connectivity index is 3.75. The van der Waals surface area contributed by atoms with Gasteiger partial charge in [-0.25, -0.2) is 4.79 Å². The minimum absolute atomic E-state index is 0.0914. The summed E-state index contributed by atoms with van der Waals surface area (Å²) in [5, 5.41) is 16.4. The summed E-state index contributed by atoms with van der Waals surface area (Å²) in [6, 6.07) is -0.459. The highest BCUT2D eigenvalue weighted by atomic mass is 16.5. The summed E-state index contributed by atoms with van der Waals surface area (Å²) in [4.78, 5) is 33.4. The SMILES string of the molecule is COC(CNC(=O)NCCC(=O)NCC(C)C)CC(=O)O. The fourth-order valence-electron chi connectivity index (χ4n) is 1.40. The monoisotopic (exact) mass is 303 g/mol. The molecule has 1 unspecified atom stereocenters. The Hall–Kier alpha value is -1.83. The van der Waals surface area contributed by atoms with E-state index < -0.39 is 18.1 Å². The zero-order valence-electron chi connectivity index (χ0n) is 12.8. The zero-order valence-corrected chi connectivity index (χ0v) is 12.8. The second kappa shape index (κ2) is 10.9. The number of carbonyl (C=O) groups excluding carboxylic acids is 2. The third-order valence-electron chi connectivity index (χ3n) is 2.57. The lowest BCUT2D eigenvalue weighted by Gasteiger charge is -2.14. The number of methoxy groups -OCH3 is 1. The second-order valence-corrected chi connectivity index (χ2v) is 5.04. The van der Waals surface area contributed by atoms with Crippen LogP contribution >= 0.6 is 0 Å². The molecule has 0 spiro atoms. The second-order valence-electron chi connectivity index (χ2n) is 5.04. The van der Waals surface area contributed by atoms with Gasteiger partial charge in [0.2, 0.25) is 5.91 Å². The summed E-state index contributed by atoms with van der Waals surface area (Å²) in [6.07, 6.45) is -0.570. The highest BCUT2D eigenvalue weighted by molar-refractivity contribution is 5.78. The molecule has 0 rings (SSSR count). The Morgan fingerprint density at radius 3 is 2.29 bits per heavy atom. The lowest BCUT2D eigenvalue weighted by atomic mass is 10.2. The standard InChI is InChI=1S/C13H25N3O5/c1-9(2)7-15-11(17)4-5-14-13(20)16-8-10(21-3)6-12(18)19/h9-10H,4-8H2,1-3H3,(H,15,17)(H,18,19)(H2,14,16,20). The first-order valence-corrected chi connectivity index (χ1v) is 6.88. The van der Waals surface area contributed by atoms with Crippen molar-refractivity contribution in [2.75, 3.05) is 26.7 Å². The smallest absolute Gasteiger partial charge is 0.314 e. The number of rotatable bonds is 10. The molecule has 0 bridgehead atoms. The summed E-state index contributed by atoms with van der Waals surface area (Å²) in [5.74, 6) is -0.735. The first-order valence-electron chi connectivity index (χ1n) is 6.88. The van der Waals surface area contributed by atoms with Crippen molar-refractivity contribution in [2.24, 2.45) is 5.92 Å². The summed E-state index contributed by atoms with van der Waals surface area (Å²) >= 11 is 0.